The van der Waals surface area contributed by atoms with Gasteiger partial charge in [-0.3, -0.25) is 0 Å². The van der Waals surface area contributed by atoms with Gasteiger partial charge in [-0.1, -0.05) is 127 Å². The van der Waals surface area contributed by atoms with E-state index in [1.54, 1.807) is 0 Å². The molecule has 0 aliphatic heterocycles. The van der Waals surface area contributed by atoms with Crippen molar-refractivity contribution in [2.24, 2.45) is 15.7 Å². The number of rotatable bonds is 5. The fourth-order valence-electron chi connectivity index (χ4n) is 6.54. The third kappa shape index (κ3) is 4.48. The SMILES string of the molecule is CC(N=C(N=C(N)c1ccccc1)c1ccccc1)n1c2ccccc2c2ccc3c4ccccc4n(-c4ccccc4)c3c21. The van der Waals surface area contributed by atoms with Crippen LogP contribution in [0.15, 0.2) is 162 Å². The fraction of sp³-hybridized carbons (Fsp3) is 0.0500. The zero-order valence-electron chi connectivity index (χ0n) is 24.9. The highest BCUT2D eigenvalue weighted by Gasteiger charge is 2.22. The molecule has 1 atom stereocenters. The number of benzene rings is 6. The minimum atomic E-state index is -0.303. The number of amidine groups is 2. The molecule has 0 aliphatic rings. The molecule has 0 aliphatic carbocycles. The van der Waals surface area contributed by atoms with E-state index in [4.69, 9.17) is 15.7 Å². The van der Waals surface area contributed by atoms with Crippen LogP contribution in [0.3, 0.4) is 0 Å². The second kappa shape index (κ2) is 11.0. The summed E-state index contributed by atoms with van der Waals surface area (Å²) in [6, 6.07) is 52.3. The van der Waals surface area contributed by atoms with Gasteiger partial charge in [0, 0.05) is 38.4 Å². The molecule has 6 aromatic carbocycles. The minimum Gasteiger partial charge on any atom is -0.383 e. The summed E-state index contributed by atoms with van der Waals surface area (Å²) in [4.78, 5) is 10.2. The lowest BCUT2D eigenvalue weighted by Crippen LogP contribution is -2.17. The van der Waals surface area contributed by atoms with Crippen molar-refractivity contribution < 1.29 is 0 Å². The number of aliphatic imine (C=N–C) groups is 2. The van der Waals surface area contributed by atoms with Crippen LogP contribution < -0.4 is 5.73 Å². The molecule has 0 radical (unpaired) electrons. The number of nitrogens with zero attached hydrogens (tertiary/aromatic N) is 4. The molecule has 8 rings (SSSR count). The van der Waals surface area contributed by atoms with Crippen molar-refractivity contribution in [2.75, 3.05) is 0 Å². The Kier molecular flexibility index (Phi) is 6.50. The first kappa shape index (κ1) is 26.7. The number of hydrogen-bond donors (Lipinski definition) is 1. The van der Waals surface area contributed by atoms with Crippen molar-refractivity contribution in [1.29, 1.82) is 0 Å². The summed E-state index contributed by atoms with van der Waals surface area (Å²) in [7, 11) is 0. The molecule has 216 valence electrons. The van der Waals surface area contributed by atoms with Gasteiger partial charge in [0.25, 0.3) is 0 Å². The Labute approximate surface area is 261 Å². The smallest absolute Gasteiger partial charge is 0.159 e. The van der Waals surface area contributed by atoms with Crippen LogP contribution in [0.2, 0.25) is 0 Å². The lowest BCUT2D eigenvalue weighted by atomic mass is 10.1. The molecule has 0 amide bonds. The fourth-order valence-corrected chi connectivity index (χ4v) is 6.54. The molecule has 5 nitrogen and oxygen atoms in total. The van der Waals surface area contributed by atoms with Crippen molar-refractivity contribution >= 4 is 55.3 Å². The van der Waals surface area contributed by atoms with Crippen LogP contribution in [0.4, 0.5) is 0 Å². The molecule has 0 saturated heterocycles. The van der Waals surface area contributed by atoms with Gasteiger partial charge in [0.2, 0.25) is 0 Å². The molecular weight excluding hydrogens is 550 g/mol. The molecule has 0 bridgehead atoms. The Bertz CT molecular complexity index is 2380. The Morgan fingerprint density at radius 2 is 1.04 bits per heavy atom. The number of fused-ring (bicyclic) bond motifs is 7. The summed E-state index contributed by atoms with van der Waals surface area (Å²) < 4.78 is 4.75. The minimum absolute atomic E-state index is 0.303. The quantitative estimate of drug-likeness (QED) is 0.160. The molecule has 2 heterocycles. The molecule has 8 aromatic rings. The first-order valence-corrected chi connectivity index (χ1v) is 15.2. The molecule has 2 N–H and O–H groups in total. The average Bonchev–Trinajstić information content (AvgIpc) is 3.62. The van der Waals surface area contributed by atoms with Gasteiger partial charge >= 0.3 is 0 Å². The number of aromatic nitrogens is 2. The molecule has 0 fully saturated rings. The summed E-state index contributed by atoms with van der Waals surface area (Å²) in [6.07, 6.45) is -0.303. The zero-order valence-corrected chi connectivity index (χ0v) is 24.9. The molecule has 1 unspecified atom stereocenters. The van der Waals surface area contributed by atoms with Gasteiger partial charge in [0.15, 0.2) is 5.84 Å². The van der Waals surface area contributed by atoms with E-state index in [2.05, 4.69) is 107 Å². The predicted molar refractivity (Wildman–Crippen MR) is 189 cm³/mol. The van der Waals surface area contributed by atoms with Crippen LogP contribution in [0.5, 0.6) is 0 Å². The van der Waals surface area contributed by atoms with Gasteiger partial charge in [-0.15, -0.1) is 0 Å². The van der Waals surface area contributed by atoms with E-state index in [1.807, 2.05) is 60.7 Å². The maximum absolute atomic E-state index is 6.57. The highest BCUT2D eigenvalue weighted by atomic mass is 15.2. The van der Waals surface area contributed by atoms with Gasteiger partial charge in [0.1, 0.15) is 12.0 Å². The first-order valence-electron chi connectivity index (χ1n) is 15.2. The Hall–Kier alpha value is -5.94. The lowest BCUT2D eigenvalue weighted by molar-refractivity contribution is 0.613. The normalized spacial score (nSPS) is 13.3. The topological polar surface area (TPSA) is 60.6 Å². The van der Waals surface area contributed by atoms with Crippen LogP contribution in [-0.2, 0) is 0 Å². The largest absolute Gasteiger partial charge is 0.383 e. The maximum Gasteiger partial charge on any atom is 0.159 e. The van der Waals surface area contributed by atoms with Crippen LogP contribution >= 0.6 is 0 Å². The Balaban J connectivity index is 1.45. The van der Waals surface area contributed by atoms with Gasteiger partial charge < -0.3 is 14.9 Å². The van der Waals surface area contributed by atoms with Gasteiger partial charge in [-0.2, -0.15) is 0 Å². The van der Waals surface area contributed by atoms with E-state index in [9.17, 15) is 0 Å². The molecule has 5 heteroatoms. The summed E-state index contributed by atoms with van der Waals surface area (Å²) >= 11 is 0. The molecule has 0 saturated carbocycles. The van der Waals surface area contributed by atoms with E-state index in [-0.39, 0.29) is 6.17 Å². The molecule has 0 spiro atoms. The van der Waals surface area contributed by atoms with E-state index >= 15 is 0 Å². The third-order valence-electron chi connectivity index (χ3n) is 8.53. The number of nitrogens with two attached hydrogens (primary N) is 1. The third-order valence-corrected chi connectivity index (χ3v) is 8.53. The average molecular weight is 582 g/mol. The summed E-state index contributed by atoms with van der Waals surface area (Å²) in [6.45, 7) is 2.14. The second-order valence-electron chi connectivity index (χ2n) is 11.2. The zero-order chi connectivity index (χ0) is 30.3. The first-order chi connectivity index (χ1) is 22.2. The van der Waals surface area contributed by atoms with E-state index in [1.165, 1.54) is 27.1 Å². The summed E-state index contributed by atoms with van der Waals surface area (Å²) in [5, 5.41) is 4.80. The van der Waals surface area contributed by atoms with Gasteiger partial charge in [-0.25, -0.2) is 9.98 Å². The van der Waals surface area contributed by atoms with Gasteiger partial charge in [-0.05, 0) is 31.2 Å². The highest BCUT2D eigenvalue weighted by Crippen LogP contribution is 2.41. The Morgan fingerprint density at radius 3 is 1.71 bits per heavy atom. The lowest BCUT2D eigenvalue weighted by Gasteiger charge is -2.16. The monoisotopic (exact) mass is 581 g/mol. The molecule has 45 heavy (non-hydrogen) atoms. The van der Waals surface area contributed by atoms with Crippen molar-refractivity contribution in [3.8, 4) is 5.69 Å². The maximum atomic E-state index is 6.57. The van der Waals surface area contributed by atoms with Crippen LogP contribution in [0.25, 0.3) is 49.3 Å². The van der Waals surface area contributed by atoms with Crippen LogP contribution in [-0.4, -0.2) is 20.8 Å². The highest BCUT2D eigenvalue weighted by molar-refractivity contribution is 6.23. The van der Waals surface area contributed by atoms with Crippen LogP contribution in [0.1, 0.15) is 24.2 Å². The second-order valence-corrected chi connectivity index (χ2v) is 11.2. The van der Waals surface area contributed by atoms with Crippen molar-refractivity contribution in [2.45, 2.75) is 13.1 Å². The van der Waals surface area contributed by atoms with E-state index in [0.717, 1.165) is 33.4 Å². The van der Waals surface area contributed by atoms with Crippen molar-refractivity contribution in [3.05, 3.63) is 163 Å². The summed E-state index contributed by atoms with van der Waals surface area (Å²) in [5.41, 5.74) is 14.0. The number of hydrogen-bond acceptors (Lipinski definition) is 1. The standard InChI is InChI=1S/C40H31N5/c1-27(42-40(29-17-7-3-8-18-29)43-39(41)28-15-5-2-6-16-28)44-35-23-13-11-21-31(35)33-25-26-34-32-22-12-14-24-36(32)45(38(34)37(33)44)30-19-9-4-10-20-30/h2-27H,1H3,(H2,41,42,43). The Morgan fingerprint density at radius 1 is 0.533 bits per heavy atom. The van der Waals surface area contributed by atoms with Crippen LogP contribution in [0, 0.1) is 0 Å². The van der Waals surface area contributed by atoms with E-state index < -0.39 is 0 Å². The van der Waals surface area contributed by atoms with Crippen molar-refractivity contribution in [3.63, 3.8) is 0 Å². The summed E-state index contributed by atoms with van der Waals surface area (Å²) in [5.74, 6) is 1.02. The predicted octanol–water partition coefficient (Wildman–Crippen LogP) is 9.26. The van der Waals surface area contributed by atoms with Gasteiger partial charge in [0.05, 0.1) is 22.1 Å². The van der Waals surface area contributed by atoms with E-state index in [0.29, 0.717) is 11.7 Å². The van der Waals surface area contributed by atoms with Crippen molar-refractivity contribution in [1.82, 2.24) is 9.13 Å². The molecule has 2 aromatic heterocycles. The number of para-hydroxylation sites is 3. The molecular formula is C40H31N5.